The van der Waals surface area contributed by atoms with Gasteiger partial charge >= 0.3 is 6.09 Å². The summed E-state index contributed by atoms with van der Waals surface area (Å²) in [6.45, 7) is 10.4. The average molecular weight is 347 g/mol. The number of hydrogen-bond donors (Lipinski definition) is 2. The molecule has 6 heteroatoms. The van der Waals surface area contributed by atoms with Gasteiger partial charge in [-0.1, -0.05) is 6.92 Å². The normalized spacial score (nSPS) is 18.0. The lowest BCUT2D eigenvalue weighted by Crippen LogP contribution is -2.40. The summed E-state index contributed by atoms with van der Waals surface area (Å²) in [6, 6.07) is 7.24. The monoisotopic (exact) mass is 347 g/mol. The first kappa shape index (κ1) is 19.2. The Labute approximate surface area is 149 Å². The van der Waals surface area contributed by atoms with Crippen LogP contribution in [0.25, 0.3) is 0 Å². The zero-order valence-corrected chi connectivity index (χ0v) is 15.6. The number of nitrogens with one attached hydrogen (secondary N) is 2. The van der Waals surface area contributed by atoms with Gasteiger partial charge < -0.3 is 10.1 Å². The van der Waals surface area contributed by atoms with Crippen molar-refractivity contribution in [2.45, 2.75) is 52.2 Å². The molecule has 6 nitrogen and oxygen atoms in total. The fraction of sp³-hybridized carbons (Fsp3) is 0.579. The molecule has 2 amide bonds. The van der Waals surface area contributed by atoms with E-state index in [2.05, 4.69) is 22.5 Å². The van der Waals surface area contributed by atoms with Crippen LogP contribution in [0.4, 0.5) is 10.5 Å². The topological polar surface area (TPSA) is 70.7 Å². The van der Waals surface area contributed by atoms with Gasteiger partial charge in [0.2, 0.25) is 0 Å². The Balaban J connectivity index is 1.84. The second-order valence-electron chi connectivity index (χ2n) is 7.34. The van der Waals surface area contributed by atoms with Gasteiger partial charge in [-0.3, -0.25) is 15.0 Å². The molecule has 0 radical (unpaired) electrons. The van der Waals surface area contributed by atoms with Gasteiger partial charge in [0.05, 0.1) is 0 Å². The SMILES string of the molecule is CCN1CCC[C@@H]1CNC(=O)c1ccc(NC(=O)OC(C)(C)C)cc1. The van der Waals surface area contributed by atoms with Crippen molar-refractivity contribution in [3.8, 4) is 0 Å². The molecule has 138 valence electrons. The number of likely N-dealkylation sites (N-methyl/N-ethyl adjacent to an activating group) is 1. The van der Waals surface area contributed by atoms with Crippen molar-refractivity contribution < 1.29 is 14.3 Å². The van der Waals surface area contributed by atoms with Crippen molar-refractivity contribution >= 4 is 17.7 Å². The van der Waals surface area contributed by atoms with E-state index < -0.39 is 11.7 Å². The Hall–Kier alpha value is -2.08. The van der Waals surface area contributed by atoms with Gasteiger partial charge in [-0.2, -0.15) is 0 Å². The Morgan fingerprint density at radius 3 is 2.52 bits per heavy atom. The van der Waals surface area contributed by atoms with E-state index in [-0.39, 0.29) is 5.91 Å². The molecule has 2 rings (SSSR count). The Kier molecular flexibility index (Phi) is 6.42. The number of amides is 2. The predicted molar refractivity (Wildman–Crippen MR) is 98.9 cm³/mol. The lowest BCUT2D eigenvalue weighted by molar-refractivity contribution is 0.0635. The van der Waals surface area contributed by atoms with Crippen molar-refractivity contribution in [3.05, 3.63) is 29.8 Å². The summed E-state index contributed by atoms with van der Waals surface area (Å²) < 4.78 is 5.20. The fourth-order valence-corrected chi connectivity index (χ4v) is 2.98. The molecule has 1 saturated heterocycles. The molecule has 1 heterocycles. The Bertz CT molecular complexity index is 593. The van der Waals surface area contributed by atoms with Crippen LogP contribution in [0, 0.1) is 0 Å². The van der Waals surface area contributed by atoms with Crippen molar-refractivity contribution in [1.82, 2.24) is 10.2 Å². The molecule has 0 aliphatic carbocycles. The first-order valence-electron chi connectivity index (χ1n) is 8.91. The summed E-state index contributed by atoms with van der Waals surface area (Å²) in [4.78, 5) is 26.4. The van der Waals surface area contributed by atoms with Gasteiger partial charge in [0.1, 0.15) is 5.60 Å². The van der Waals surface area contributed by atoms with Gasteiger partial charge in [-0.05, 0) is 71.0 Å². The highest BCUT2D eigenvalue weighted by atomic mass is 16.6. The first-order valence-corrected chi connectivity index (χ1v) is 8.91. The van der Waals surface area contributed by atoms with Crippen LogP contribution < -0.4 is 10.6 Å². The van der Waals surface area contributed by atoms with Crippen LogP contribution in [0.1, 0.15) is 50.9 Å². The number of rotatable bonds is 5. The lowest BCUT2D eigenvalue weighted by Gasteiger charge is -2.22. The summed E-state index contributed by atoms with van der Waals surface area (Å²) in [5, 5.41) is 5.66. The van der Waals surface area contributed by atoms with E-state index in [0.717, 1.165) is 19.5 Å². The smallest absolute Gasteiger partial charge is 0.412 e. The summed E-state index contributed by atoms with van der Waals surface area (Å²) in [7, 11) is 0. The largest absolute Gasteiger partial charge is 0.444 e. The Morgan fingerprint density at radius 1 is 1.24 bits per heavy atom. The van der Waals surface area contributed by atoms with Crippen molar-refractivity contribution in [2.24, 2.45) is 0 Å². The number of nitrogens with zero attached hydrogens (tertiary/aromatic N) is 1. The van der Waals surface area contributed by atoms with Gasteiger partial charge in [-0.15, -0.1) is 0 Å². The van der Waals surface area contributed by atoms with E-state index in [9.17, 15) is 9.59 Å². The number of likely N-dealkylation sites (tertiary alicyclic amines) is 1. The average Bonchev–Trinajstić information content (AvgIpc) is 2.99. The summed E-state index contributed by atoms with van der Waals surface area (Å²) in [5.74, 6) is -0.0910. The van der Waals surface area contributed by atoms with Crippen LogP contribution >= 0.6 is 0 Å². The number of hydrogen-bond acceptors (Lipinski definition) is 4. The fourth-order valence-electron chi connectivity index (χ4n) is 2.98. The molecule has 0 unspecified atom stereocenters. The minimum atomic E-state index is -0.545. The van der Waals surface area contributed by atoms with Crippen LogP contribution in [0.3, 0.4) is 0 Å². The van der Waals surface area contributed by atoms with E-state index in [4.69, 9.17) is 4.74 Å². The number of ether oxygens (including phenoxy) is 1. The molecular weight excluding hydrogens is 318 g/mol. The predicted octanol–water partition coefficient (Wildman–Crippen LogP) is 3.25. The number of carbonyl (C=O) groups excluding carboxylic acids is 2. The molecule has 1 atom stereocenters. The van der Waals surface area contributed by atoms with Gasteiger partial charge in [0.15, 0.2) is 0 Å². The minimum Gasteiger partial charge on any atom is -0.444 e. The zero-order chi connectivity index (χ0) is 18.4. The molecule has 1 aliphatic heterocycles. The van der Waals surface area contributed by atoms with Crippen LogP contribution in [0.2, 0.25) is 0 Å². The van der Waals surface area contributed by atoms with E-state index in [1.54, 1.807) is 24.3 Å². The van der Waals surface area contributed by atoms with Crippen molar-refractivity contribution in [2.75, 3.05) is 25.0 Å². The van der Waals surface area contributed by atoms with Crippen LogP contribution in [0.15, 0.2) is 24.3 Å². The molecule has 2 N–H and O–H groups in total. The van der Waals surface area contributed by atoms with Gasteiger partial charge in [0.25, 0.3) is 5.91 Å². The number of benzene rings is 1. The quantitative estimate of drug-likeness (QED) is 0.858. The van der Waals surface area contributed by atoms with Crippen LogP contribution in [-0.2, 0) is 4.74 Å². The lowest BCUT2D eigenvalue weighted by atomic mass is 10.1. The standard InChI is InChI=1S/C19H29N3O3/c1-5-22-12-6-7-16(22)13-20-17(23)14-8-10-15(11-9-14)21-18(24)25-19(2,3)4/h8-11,16H,5-7,12-13H2,1-4H3,(H,20,23)(H,21,24)/t16-/m1/s1. The molecule has 1 aromatic rings. The third kappa shape index (κ3) is 6.05. The third-order valence-corrected chi connectivity index (χ3v) is 4.20. The van der Waals surface area contributed by atoms with Crippen LogP contribution in [0.5, 0.6) is 0 Å². The van der Waals surface area contributed by atoms with E-state index in [1.165, 1.54) is 6.42 Å². The highest BCUT2D eigenvalue weighted by Gasteiger charge is 2.23. The van der Waals surface area contributed by atoms with Crippen molar-refractivity contribution in [3.63, 3.8) is 0 Å². The highest BCUT2D eigenvalue weighted by Crippen LogP contribution is 2.16. The zero-order valence-electron chi connectivity index (χ0n) is 15.6. The summed E-state index contributed by atoms with van der Waals surface area (Å²) in [5.41, 5.74) is 0.630. The first-order chi connectivity index (χ1) is 11.8. The summed E-state index contributed by atoms with van der Waals surface area (Å²) >= 11 is 0. The molecule has 1 aliphatic rings. The molecular formula is C19H29N3O3. The maximum atomic E-state index is 12.3. The molecule has 0 saturated carbocycles. The van der Waals surface area contributed by atoms with Crippen LogP contribution in [-0.4, -0.2) is 48.2 Å². The van der Waals surface area contributed by atoms with E-state index in [1.807, 2.05) is 20.8 Å². The second-order valence-corrected chi connectivity index (χ2v) is 7.34. The second kappa shape index (κ2) is 8.34. The molecule has 25 heavy (non-hydrogen) atoms. The maximum Gasteiger partial charge on any atom is 0.412 e. The molecule has 1 fully saturated rings. The number of anilines is 1. The summed E-state index contributed by atoms with van der Waals surface area (Å²) in [6.07, 6.45) is 1.82. The van der Waals surface area contributed by atoms with E-state index in [0.29, 0.717) is 23.8 Å². The highest BCUT2D eigenvalue weighted by molar-refractivity contribution is 5.95. The minimum absolute atomic E-state index is 0.0910. The molecule has 0 spiro atoms. The van der Waals surface area contributed by atoms with E-state index >= 15 is 0 Å². The van der Waals surface area contributed by atoms with Gasteiger partial charge in [0, 0.05) is 23.8 Å². The van der Waals surface area contributed by atoms with Crippen molar-refractivity contribution in [1.29, 1.82) is 0 Å². The Morgan fingerprint density at radius 2 is 1.92 bits per heavy atom. The molecule has 0 aromatic heterocycles. The number of carbonyl (C=O) groups is 2. The molecule has 1 aromatic carbocycles. The maximum absolute atomic E-state index is 12.3. The van der Waals surface area contributed by atoms with Gasteiger partial charge in [-0.25, -0.2) is 4.79 Å². The third-order valence-electron chi connectivity index (χ3n) is 4.20. The molecule has 0 bridgehead atoms.